The van der Waals surface area contributed by atoms with Gasteiger partial charge in [-0.1, -0.05) is 0 Å². The Labute approximate surface area is 80.2 Å². The molecule has 0 saturated heterocycles. The summed E-state index contributed by atoms with van der Waals surface area (Å²) in [7, 11) is 0. The second kappa shape index (κ2) is 3.45. The number of rotatable bonds is 2. The van der Waals surface area contributed by atoms with Gasteiger partial charge in [0.25, 0.3) is 0 Å². The summed E-state index contributed by atoms with van der Waals surface area (Å²) in [5.74, 6) is 0. The van der Waals surface area contributed by atoms with E-state index in [2.05, 4.69) is 10.3 Å². The summed E-state index contributed by atoms with van der Waals surface area (Å²) in [5.41, 5.74) is 7.33. The summed E-state index contributed by atoms with van der Waals surface area (Å²) in [4.78, 5) is 4.11. The van der Waals surface area contributed by atoms with E-state index in [9.17, 15) is 0 Å². The lowest BCUT2D eigenvalue weighted by molar-refractivity contribution is 1.39. The van der Waals surface area contributed by atoms with Crippen LogP contribution in [0.15, 0.2) is 35.8 Å². The van der Waals surface area contributed by atoms with E-state index in [0.29, 0.717) is 0 Å². The standard InChI is InChI=1S/C9H9N3S/c10-7-1-3-8(4-2-7)12-9-11-5-6-13-9/h1-6H,10H2,(H,11,12). The molecule has 0 aliphatic rings. The highest BCUT2D eigenvalue weighted by Gasteiger charge is 1.94. The molecule has 0 bridgehead atoms. The average molecular weight is 191 g/mol. The Balaban J connectivity index is 2.15. The quantitative estimate of drug-likeness (QED) is 0.717. The van der Waals surface area contributed by atoms with Gasteiger partial charge in [-0.25, -0.2) is 4.98 Å². The van der Waals surface area contributed by atoms with Crippen molar-refractivity contribution in [1.29, 1.82) is 0 Å². The van der Waals surface area contributed by atoms with E-state index in [1.165, 1.54) is 0 Å². The maximum atomic E-state index is 5.56. The maximum absolute atomic E-state index is 5.56. The van der Waals surface area contributed by atoms with Crippen LogP contribution in [0.1, 0.15) is 0 Å². The van der Waals surface area contributed by atoms with Crippen LogP contribution in [0.25, 0.3) is 0 Å². The second-order valence-electron chi connectivity index (χ2n) is 2.58. The first-order valence-electron chi connectivity index (χ1n) is 3.87. The summed E-state index contributed by atoms with van der Waals surface area (Å²) in [6.07, 6.45) is 1.77. The van der Waals surface area contributed by atoms with Crippen LogP contribution in [0, 0.1) is 0 Å². The normalized spacial score (nSPS) is 9.85. The summed E-state index contributed by atoms with van der Waals surface area (Å²) >= 11 is 1.57. The lowest BCUT2D eigenvalue weighted by Crippen LogP contribution is -1.89. The van der Waals surface area contributed by atoms with Gasteiger partial charge in [-0.15, -0.1) is 11.3 Å². The highest BCUT2D eigenvalue weighted by atomic mass is 32.1. The van der Waals surface area contributed by atoms with Gasteiger partial charge < -0.3 is 11.1 Å². The molecule has 1 heterocycles. The van der Waals surface area contributed by atoms with Crippen molar-refractivity contribution >= 4 is 27.8 Å². The number of aromatic nitrogens is 1. The molecule has 0 spiro atoms. The second-order valence-corrected chi connectivity index (χ2v) is 3.48. The van der Waals surface area contributed by atoms with Gasteiger partial charge in [-0.3, -0.25) is 0 Å². The zero-order valence-corrected chi connectivity index (χ0v) is 7.71. The molecular weight excluding hydrogens is 182 g/mol. The topological polar surface area (TPSA) is 50.9 Å². The molecule has 0 amide bonds. The fourth-order valence-corrected chi connectivity index (χ4v) is 1.52. The van der Waals surface area contributed by atoms with Gasteiger partial charge in [0.15, 0.2) is 5.13 Å². The van der Waals surface area contributed by atoms with Crippen molar-refractivity contribution in [1.82, 2.24) is 4.98 Å². The molecule has 0 fully saturated rings. The molecule has 66 valence electrons. The van der Waals surface area contributed by atoms with Crippen LogP contribution < -0.4 is 11.1 Å². The number of nitrogens with zero attached hydrogens (tertiary/aromatic N) is 1. The molecule has 4 heteroatoms. The Bertz CT molecular complexity index is 366. The first-order valence-corrected chi connectivity index (χ1v) is 4.74. The number of hydrogen-bond acceptors (Lipinski definition) is 4. The number of nitrogens with two attached hydrogens (primary N) is 1. The van der Waals surface area contributed by atoms with Crippen molar-refractivity contribution in [3.8, 4) is 0 Å². The first kappa shape index (κ1) is 8.07. The highest BCUT2D eigenvalue weighted by Crippen LogP contribution is 2.18. The van der Waals surface area contributed by atoms with Crippen LogP contribution in [-0.2, 0) is 0 Å². The fraction of sp³-hybridized carbons (Fsp3) is 0. The third kappa shape index (κ3) is 1.97. The van der Waals surface area contributed by atoms with E-state index in [-0.39, 0.29) is 0 Å². The molecular formula is C9H9N3S. The molecule has 3 nitrogen and oxygen atoms in total. The number of thiazole rings is 1. The van der Waals surface area contributed by atoms with Crippen molar-refractivity contribution in [3.05, 3.63) is 35.8 Å². The predicted octanol–water partition coefficient (Wildman–Crippen LogP) is 2.47. The SMILES string of the molecule is Nc1ccc(Nc2nccs2)cc1. The van der Waals surface area contributed by atoms with Crippen LogP contribution >= 0.6 is 11.3 Å². The van der Waals surface area contributed by atoms with E-state index in [1.54, 1.807) is 17.5 Å². The third-order valence-corrected chi connectivity index (χ3v) is 2.28. The third-order valence-electron chi connectivity index (χ3n) is 1.59. The highest BCUT2D eigenvalue weighted by molar-refractivity contribution is 7.13. The van der Waals surface area contributed by atoms with E-state index >= 15 is 0 Å². The van der Waals surface area contributed by atoms with E-state index in [4.69, 9.17) is 5.73 Å². The van der Waals surface area contributed by atoms with Gasteiger partial charge >= 0.3 is 0 Å². The van der Waals surface area contributed by atoms with Crippen molar-refractivity contribution < 1.29 is 0 Å². The van der Waals surface area contributed by atoms with E-state index < -0.39 is 0 Å². The summed E-state index contributed by atoms with van der Waals surface area (Å²) < 4.78 is 0. The van der Waals surface area contributed by atoms with Gasteiger partial charge in [-0.2, -0.15) is 0 Å². The monoisotopic (exact) mass is 191 g/mol. The van der Waals surface area contributed by atoms with Gasteiger partial charge in [0.05, 0.1) is 0 Å². The molecule has 0 radical (unpaired) electrons. The van der Waals surface area contributed by atoms with Gasteiger partial charge in [0.1, 0.15) is 0 Å². The number of anilines is 3. The number of benzene rings is 1. The lowest BCUT2D eigenvalue weighted by Gasteiger charge is -2.01. The smallest absolute Gasteiger partial charge is 0.187 e. The molecule has 0 unspecified atom stereocenters. The van der Waals surface area contributed by atoms with Crippen LogP contribution in [0.5, 0.6) is 0 Å². The van der Waals surface area contributed by atoms with Crippen LogP contribution in [0.4, 0.5) is 16.5 Å². The van der Waals surface area contributed by atoms with Crippen LogP contribution in [0.3, 0.4) is 0 Å². The van der Waals surface area contributed by atoms with Gasteiger partial charge in [0.2, 0.25) is 0 Å². The Morgan fingerprint density at radius 1 is 1.23 bits per heavy atom. The minimum Gasteiger partial charge on any atom is -0.399 e. The number of nitrogen functional groups attached to an aromatic ring is 1. The van der Waals surface area contributed by atoms with Crippen LogP contribution in [-0.4, -0.2) is 4.98 Å². The summed E-state index contributed by atoms with van der Waals surface area (Å²) in [6.45, 7) is 0. The van der Waals surface area contributed by atoms with E-state index in [1.807, 2.05) is 29.6 Å². The zero-order chi connectivity index (χ0) is 9.10. The molecule has 0 aliphatic carbocycles. The van der Waals surface area contributed by atoms with Gasteiger partial charge in [-0.05, 0) is 24.3 Å². The number of hydrogen-bond donors (Lipinski definition) is 2. The number of nitrogens with one attached hydrogen (secondary N) is 1. The molecule has 0 aliphatic heterocycles. The fourth-order valence-electron chi connectivity index (χ4n) is 0.975. The molecule has 2 aromatic rings. The predicted molar refractivity (Wildman–Crippen MR) is 56.3 cm³/mol. The molecule has 0 saturated carbocycles. The average Bonchev–Trinajstić information content (AvgIpc) is 2.62. The zero-order valence-electron chi connectivity index (χ0n) is 6.90. The molecule has 1 aromatic heterocycles. The maximum Gasteiger partial charge on any atom is 0.187 e. The molecule has 0 atom stereocenters. The summed E-state index contributed by atoms with van der Waals surface area (Å²) in [6, 6.07) is 7.57. The van der Waals surface area contributed by atoms with Gasteiger partial charge in [0, 0.05) is 23.0 Å². The Hall–Kier alpha value is -1.55. The van der Waals surface area contributed by atoms with Crippen molar-refractivity contribution in [2.45, 2.75) is 0 Å². The van der Waals surface area contributed by atoms with Crippen molar-refractivity contribution in [2.75, 3.05) is 11.1 Å². The lowest BCUT2D eigenvalue weighted by atomic mass is 10.3. The Morgan fingerprint density at radius 2 is 2.00 bits per heavy atom. The molecule has 1 aromatic carbocycles. The molecule has 2 rings (SSSR count). The Morgan fingerprint density at radius 3 is 2.62 bits per heavy atom. The summed E-state index contributed by atoms with van der Waals surface area (Å²) in [5, 5.41) is 5.99. The Kier molecular flexibility index (Phi) is 2.14. The van der Waals surface area contributed by atoms with E-state index in [0.717, 1.165) is 16.5 Å². The van der Waals surface area contributed by atoms with Crippen molar-refractivity contribution in [2.24, 2.45) is 0 Å². The largest absolute Gasteiger partial charge is 0.399 e. The minimum atomic E-state index is 0.768. The minimum absolute atomic E-state index is 0.768. The van der Waals surface area contributed by atoms with Crippen molar-refractivity contribution in [3.63, 3.8) is 0 Å². The first-order chi connectivity index (χ1) is 6.34. The van der Waals surface area contributed by atoms with Crippen LogP contribution in [0.2, 0.25) is 0 Å². The molecule has 3 N–H and O–H groups in total. The molecule has 13 heavy (non-hydrogen) atoms.